The second-order valence-corrected chi connectivity index (χ2v) is 7.60. The second-order valence-electron chi connectivity index (χ2n) is 7.60. The van der Waals surface area contributed by atoms with E-state index in [0.717, 1.165) is 44.0 Å². The number of carbonyl (C=O) groups is 1. The monoisotopic (exact) mass is 369 g/mol. The summed E-state index contributed by atoms with van der Waals surface area (Å²) in [5, 5.41) is 8.91. The molecule has 1 amide bonds. The minimum Gasteiger partial charge on any atom is -0.342 e. The van der Waals surface area contributed by atoms with E-state index in [1.54, 1.807) is 16.8 Å². The highest BCUT2D eigenvalue weighted by Crippen LogP contribution is 2.28. The molecule has 2 aromatic rings. The molecular weight excluding hydrogens is 342 g/mol. The van der Waals surface area contributed by atoms with E-state index in [2.05, 4.69) is 14.8 Å². The Balaban J connectivity index is 1.41. The molecule has 0 radical (unpaired) electrons. The van der Waals surface area contributed by atoms with Gasteiger partial charge in [-0.3, -0.25) is 9.59 Å². The first-order valence-corrected chi connectivity index (χ1v) is 10.1. The molecular formula is C20H27N5O2. The van der Waals surface area contributed by atoms with Crippen molar-refractivity contribution in [1.29, 1.82) is 0 Å². The average Bonchev–Trinajstić information content (AvgIpc) is 2.95. The number of aryl methyl sites for hydroxylation is 2. The molecule has 0 aromatic carbocycles. The summed E-state index contributed by atoms with van der Waals surface area (Å²) in [5.41, 5.74) is -0.0621. The van der Waals surface area contributed by atoms with Gasteiger partial charge in [0.1, 0.15) is 11.6 Å². The van der Waals surface area contributed by atoms with Crippen LogP contribution in [0.4, 0.5) is 0 Å². The second kappa shape index (κ2) is 8.06. The number of fused-ring (bicyclic) bond motifs is 1. The number of amides is 1. The van der Waals surface area contributed by atoms with Gasteiger partial charge >= 0.3 is 0 Å². The van der Waals surface area contributed by atoms with Crippen LogP contribution in [-0.2, 0) is 24.3 Å². The first-order valence-electron chi connectivity index (χ1n) is 10.1. The van der Waals surface area contributed by atoms with Crippen LogP contribution in [0.3, 0.4) is 0 Å². The highest BCUT2D eigenvalue weighted by molar-refractivity contribution is 5.76. The zero-order chi connectivity index (χ0) is 18.6. The van der Waals surface area contributed by atoms with Crippen LogP contribution in [0.25, 0.3) is 0 Å². The molecule has 0 bridgehead atoms. The number of aromatic nitrogens is 4. The molecule has 144 valence electrons. The lowest BCUT2D eigenvalue weighted by Gasteiger charge is -2.32. The molecule has 0 N–H and O–H groups in total. The van der Waals surface area contributed by atoms with Crippen molar-refractivity contribution in [3.05, 3.63) is 46.4 Å². The number of pyridine rings is 1. The number of carbonyl (C=O) groups excluding carboxylic acids is 1. The van der Waals surface area contributed by atoms with Gasteiger partial charge in [-0.15, -0.1) is 10.2 Å². The Morgan fingerprint density at radius 1 is 1.11 bits per heavy atom. The largest absolute Gasteiger partial charge is 0.342 e. The standard InChI is InChI=1S/C20H27N5O2/c26-18-9-3-5-11-23(18)14-10-19(27)24-12-6-7-16(15-24)20-22-21-17-8-2-1-4-13-25(17)20/h3,5,9,11,16H,1-2,4,6-8,10,12-15H2. The quantitative estimate of drug-likeness (QED) is 0.826. The molecule has 1 unspecified atom stereocenters. The van der Waals surface area contributed by atoms with E-state index in [1.807, 2.05) is 11.0 Å². The smallest absolute Gasteiger partial charge is 0.250 e. The molecule has 1 fully saturated rings. The fraction of sp³-hybridized carbons (Fsp3) is 0.600. The number of hydrogen-bond donors (Lipinski definition) is 0. The van der Waals surface area contributed by atoms with E-state index in [1.165, 1.54) is 25.3 Å². The number of hydrogen-bond acceptors (Lipinski definition) is 4. The molecule has 0 aliphatic carbocycles. The van der Waals surface area contributed by atoms with E-state index in [-0.39, 0.29) is 17.4 Å². The normalized spacial score (nSPS) is 20.1. The fourth-order valence-corrected chi connectivity index (χ4v) is 4.24. The first-order chi connectivity index (χ1) is 13.2. The van der Waals surface area contributed by atoms with Gasteiger partial charge in [0.15, 0.2) is 0 Å². The van der Waals surface area contributed by atoms with Gasteiger partial charge in [-0.1, -0.05) is 12.5 Å². The number of likely N-dealkylation sites (tertiary alicyclic amines) is 1. The van der Waals surface area contributed by atoms with E-state index >= 15 is 0 Å². The number of piperidine rings is 1. The highest BCUT2D eigenvalue weighted by Gasteiger charge is 2.29. The third kappa shape index (κ3) is 3.96. The van der Waals surface area contributed by atoms with Crippen LogP contribution in [0.2, 0.25) is 0 Å². The average molecular weight is 369 g/mol. The molecule has 0 saturated carbocycles. The van der Waals surface area contributed by atoms with Crippen LogP contribution in [0, 0.1) is 0 Å². The van der Waals surface area contributed by atoms with Crippen molar-refractivity contribution in [3.63, 3.8) is 0 Å². The Kier molecular flexibility index (Phi) is 5.36. The summed E-state index contributed by atoms with van der Waals surface area (Å²) in [6, 6.07) is 5.07. The van der Waals surface area contributed by atoms with Crippen LogP contribution >= 0.6 is 0 Å². The lowest BCUT2D eigenvalue weighted by molar-refractivity contribution is -0.132. The van der Waals surface area contributed by atoms with E-state index in [0.29, 0.717) is 19.5 Å². The number of nitrogens with zero attached hydrogens (tertiary/aromatic N) is 5. The van der Waals surface area contributed by atoms with Crippen molar-refractivity contribution in [1.82, 2.24) is 24.2 Å². The van der Waals surface area contributed by atoms with Crippen molar-refractivity contribution < 1.29 is 4.79 Å². The SMILES string of the molecule is O=C(CCn1ccccc1=O)N1CCCC(c2nnc3n2CCCCC3)C1. The molecule has 4 rings (SSSR count). The van der Waals surface area contributed by atoms with Gasteiger partial charge in [0.25, 0.3) is 5.56 Å². The Bertz CT molecular complexity index is 856. The molecule has 7 nitrogen and oxygen atoms in total. The molecule has 1 atom stereocenters. The summed E-state index contributed by atoms with van der Waals surface area (Å²) in [5.74, 6) is 2.55. The summed E-state index contributed by atoms with van der Waals surface area (Å²) in [4.78, 5) is 26.5. The zero-order valence-corrected chi connectivity index (χ0v) is 15.7. The maximum absolute atomic E-state index is 12.7. The van der Waals surface area contributed by atoms with Crippen molar-refractivity contribution in [3.8, 4) is 0 Å². The van der Waals surface area contributed by atoms with Gasteiger partial charge < -0.3 is 14.0 Å². The Morgan fingerprint density at radius 3 is 2.93 bits per heavy atom. The predicted molar refractivity (Wildman–Crippen MR) is 101 cm³/mol. The Labute approximate surface area is 159 Å². The first kappa shape index (κ1) is 17.9. The summed E-state index contributed by atoms with van der Waals surface area (Å²) in [6.45, 7) is 2.93. The van der Waals surface area contributed by atoms with Crippen LogP contribution in [0.15, 0.2) is 29.2 Å². The van der Waals surface area contributed by atoms with Gasteiger partial charge in [0.05, 0.1) is 0 Å². The predicted octanol–water partition coefficient (Wildman–Crippen LogP) is 1.96. The van der Waals surface area contributed by atoms with Crippen LogP contribution < -0.4 is 5.56 Å². The maximum Gasteiger partial charge on any atom is 0.250 e. The van der Waals surface area contributed by atoms with Crippen LogP contribution in [0.1, 0.15) is 56.1 Å². The van der Waals surface area contributed by atoms with E-state index < -0.39 is 0 Å². The lowest BCUT2D eigenvalue weighted by Crippen LogP contribution is -2.40. The van der Waals surface area contributed by atoms with Crippen molar-refractivity contribution >= 4 is 5.91 Å². The van der Waals surface area contributed by atoms with E-state index in [4.69, 9.17) is 0 Å². The molecule has 2 aliphatic rings. The molecule has 27 heavy (non-hydrogen) atoms. The summed E-state index contributed by atoms with van der Waals surface area (Å²) < 4.78 is 3.90. The third-order valence-corrected chi connectivity index (χ3v) is 5.74. The van der Waals surface area contributed by atoms with Crippen LogP contribution in [0.5, 0.6) is 0 Å². The maximum atomic E-state index is 12.7. The van der Waals surface area contributed by atoms with Gasteiger partial charge in [0, 0.05) is 57.2 Å². The van der Waals surface area contributed by atoms with Gasteiger partial charge in [-0.25, -0.2) is 0 Å². The summed E-state index contributed by atoms with van der Waals surface area (Å²) in [7, 11) is 0. The summed E-state index contributed by atoms with van der Waals surface area (Å²) >= 11 is 0. The van der Waals surface area contributed by atoms with E-state index in [9.17, 15) is 9.59 Å². The zero-order valence-electron chi connectivity index (χ0n) is 15.7. The minimum atomic E-state index is -0.0621. The molecule has 0 spiro atoms. The van der Waals surface area contributed by atoms with Crippen molar-refractivity contribution in [2.45, 2.75) is 64.0 Å². The number of rotatable bonds is 4. The topological polar surface area (TPSA) is 73.0 Å². The molecule has 4 heterocycles. The Hall–Kier alpha value is -2.44. The van der Waals surface area contributed by atoms with Crippen molar-refractivity contribution in [2.24, 2.45) is 0 Å². The molecule has 7 heteroatoms. The lowest BCUT2D eigenvalue weighted by atomic mass is 9.96. The van der Waals surface area contributed by atoms with Crippen molar-refractivity contribution in [2.75, 3.05) is 13.1 Å². The summed E-state index contributed by atoms with van der Waals surface area (Å²) in [6.07, 6.45) is 8.76. The third-order valence-electron chi connectivity index (χ3n) is 5.74. The minimum absolute atomic E-state index is 0.0621. The van der Waals surface area contributed by atoms with Gasteiger partial charge in [-0.2, -0.15) is 0 Å². The molecule has 2 aromatic heterocycles. The van der Waals surface area contributed by atoms with Crippen LogP contribution in [-0.4, -0.2) is 43.2 Å². The fourth-order valence-electron chi connectivity index (χ4n) is 4.24. The Morgan fingerprint density at radius 2 is 2.04 bits per heavy atom. The molecule has 2 aliphatic heterocycles. The molecule has 1 saturated heterocycles. The van der Waals surface area contributed by atoms with Gasteiger partial charge in [0.2, 0.25) is 5.91 Å². The van der Waals surface area contributed by atoms with Gasteiger partial charge in [-0.05, 0) is 31.7 Å². The highest BCUT2D eigenvalue weighted by atomic mass is 16.2.